The van der Waals surface area contributed by atoms with Crippen molar-refractivity contribution in [3.8, 4) is 5.75 Å². The van der Waals surface area contributed by atoms with Crippen LogP contribution in [-0.2, 0) is 4.79 Å². The largest absolute Gasteiger partial charge is 0.491 e. The first kappa shape index (κ1) is 15.3. The summed E-state index contributed by atoms with van der Waals surface area (Å²) in [6, 6.07) is 7.58. The van der Waals surface area contributed by atoms with E-state index >= 15 is 0 Å². The Morgan fingerprint density at radius 3 is 2.21 bits per heavy atom. The van der Waals surface area contributed by atoms with E-state index < -0.39 is 5.97 Å². The highest BCUT2D eigenvalue weighted by atomic mass is 16.5. The van der Waals surface area contributed by atoms with E-state index in [9.17, 15) is 4.79 Å². The SMILES string of the molecule is CC(C)C/C(=C\C(=O)O)c1ccc(OC(C)C)cc1. The average molecular weight is 262 g/mol. The van der Waals surface area contributed by atoms with Crippen LogP contribution in [0.2, 0.25) is 0 Å². The molecule has 1 aromatic carbocycles. The summed E-state index contributed by atoms with van der Waals surface area (Å²) in [5.41, 5.74) is 1.78. The lowest BCUT2D eigenvalue weighted by molar-refractivity contribution is -0.131. The van der Waals surface area contributed by atoms with E-state index in [1.54, 1.807) is 0 Å². The van der Waals surface area contributed by atoms with Gasteiger partial charge in [0, 0.05) is 6.08 Å². The summed E-state index contributed by atoms with van der Waals surface area (Å²) in [7, 11) is 0. The second-order valence-electron chi connectivity index (χ2n) is 5.30. The zero-order valence-corrected chi connectivity index (χ0v) is 12.0. The fourth-order valence-electron chi connectivity index (χ4n) is 1.87. The molecule has 0 saturated carbocycles. The van der Waals surface area contributed by atoms with Gasteiger partial charge in [0.15, 0.2) is 0 Å². The molecule has 19 heavy (non-hydrogen) atoms. The van der Waals surface area contributed by atoms with E-state index in [4.69, 9.17) is 9.84 Å². The van der Waals surface area contributed by atoms with Crippen LogP contribution in [0, 0.1) is 5.92 Å². The van der Waals surface area contributed by atoms with Gasteiger partial charge in [0.1, 0.15) is 5.75 Å². The minimum absolute atomic E-state index is 0.135. The van der Waals surface area contributed by atoms with Crippen LogP contribution in [0.5, 0.6) is 5.75 Å². The lowest BCUT2D eigenvalue weighted by atomic mass is 9.96. The number of hydrogen-bond donors (Lipinski definition) is 1. The van der Waals surface area contributed by atoms with Crippen molar-refractivity contribution >= 4 is 11.5 Å². The first-order valence-corrected chi connectivity index (χ1v) is 6.59. The van der Waals surface area contributed by atoms with Gasteiger partial charge in [-0.3, -0.25) is 0 Å². The molecule has 0 aromatic heterocycles. The topological polar surface area (TPSA) is 46.5 Å². The van der Waals surface area contributed by atoms with Crippen LogP contribution in [0.25, 0.3) is 5.57 Å². The van der Waals surface area contributed by atoms with Crippen LogP contribution in [0.1, 0.15) is 39.7 Å². The van der Waals surface area contributed by atoms with Crippen LogP contribution in [0.15, 0.2) is 30.3 Å². The Bertz CT molecular complexity index is 442. The Balaban J connectivity index is 2.94. The Labute approximate surface area is 114 Å². The predicted octanol–water partition coefficient (Wildman–Crippen LogP) is 3.99. The van der Waals surface area contributed by atoms with Gasteiger partial charge in [-0.15, -0.1) is 0 Å². The lowest BCUT2D eigenvalue weighted by Crippen LogP contribution is -2.05. The summed E-state index contributed by atoms with van der Waals surface area (Å²) in [4.78, 5) is 10.9. The van der Waals surface area contributed by atoms with Crippen molar-refractivity contribution < 1.29 is 14.6 Å². The van der Waals surface area contributed by atoms with Crippen LogP contribution in [0.3, 0.4) is 0 Å². The van der Waals surface area contributed by atoms with Crippen molar-refractivity contribution in [3.05, 3.63) is 35.9 Å². The second kappa shape index (κ2) is 6.98. The monoisotopic (exact) mass is 262 g/mol. The number of ether oxygens (including phenoxy) is 1. The number of aliphatic carboxylic acids is 1. The Hall–Kier alpha value is -1.77. The van der Waals surface area contributed by atoms with Crippen molar-refractivity contribution in [2.45, 2.75) is 40.2 Å². The molecule has 0 atom stereocenters. The minimum atomic E-state index is -0.904. The molecular formula is C16H22O3. The average Bonchev–Trinajstić information content (AvgIpc) is 2.27. The highest BCUT2D eigenvalue weighted by Crippen LogP contribution is 2.25. The molecule has 0 fully saturated rings. The molecule has 0 spiro atoms. The number of carboxylic acids is 1. The fourth-order valence-corrected chi connectivity index (χ4v) is 1.87. The number of carboxylic acid groups (broad SMARTS) is 1. The van der Waals surface area contributed by atoms with Crippen molar-refractivity contribution in [3.63, 3.8) is 0 Å². The molecular weight excluding hydrogens is 240 g/mol. The molecule has 0 bridgehead atoms. The van der Waals surface area contributed by atoms with Crippen LogP contribution in [-0.4, -0.2) is 17.2 Å². The third-order valence-electron chi connectivity index (χ3n) is 2.52. The quantitative estimate of drug-likeness (QED) is 0.788. The number of benzene rings is 1. The molecule has 0 heterocycles. The van der Waals surface area contributed by atoms with Crippen molar-refractivity contribution in [2.24, 2.45) is 5.92 Å². The zero-order valence-electron chi connectivity index (χ0n) is 12.0. The summed E-state index contributed by atoms with van der Waals surface area (Å²) < 4.78 is 5.58. The normalized spacial score (nSPS) is 12.0. The highest BCUT2D eigenvalue weighted by molar-refractivity contribution is 5.90. The number of hydrogen-bond acceptors (Lipinski definition) is 2. The summed E-state index contributed by atoms with van der Waals surface area (Å²) in [5, 5.41) is 8.93. The standard InChI is InChI=1S/C16H22O3/c1-11(2)9-14(10-16(17)18)13-5-7-15(8-6-13)19-12(3)4/h5-8,10-12H,9H2,1-4H3,(H,17,18)/b14-10+. The number of allylic oxidation sites excluding steroid dienone is 1. The van der Waals surface area contributed by atoms with E-state index in [1.165, 1.54) is 6.08 Å². The Morgan fingerprint density at radius 1 is 1.21 bits per heavy atom. The van der Waals surface area contributed by atoms with Crippen LogP contribution < -0.4 is 4.74 Å². The second-order valence-corrected chi connectivity index (χ2v) is 5.30. The Morgan fingerprint density at radius 2 is 1.79 bits per heavy atom. The van der Waals surface area contributed by atoms with Gasteiger partial charge in [-0.1, -0.05) is 26.0 Å². The van der Waals surface area contributed by atoms with Crippen LogP contribution >= 0.6 is 0 Å². The summed E-state index contributed by atoms with van der Waals surface area (Å²) in [5.74, 6) is 0.313. The van der Waals surface area contributed by atoms with Gasteiger partial charge < -0.3 is 9.84 Å². The molecule has 104 valence electrons. The van der Waals surface area contributed by atoms with Gasteiger partial charge in [0.25, 0.3) is 0 Å². The molecule has 1 rings (SSSR count). The molecule has 3 nitrogen and oxygen atoms in total. The van der Waals surface area contributed by atoms with Gasteiger partial charge in [-0.05, 0) is 49.5 Å². The van der Waals surface area contributed by atoms with E-state index in [0.717, 1.165) is 23.3 Å². The molecule has 0 saturated heterocycles. The van der Waals surface area contributed by atoms with E-state index in [-0.39, 0.29) is 6.10 Å². The van der Waals surface area contributed by atoms with Crippen LogP contribution in [0.4, 0.5) is 0 Å². The molecule has 0 radical (unpaired) electrons. The predicted molar refractivity (Wildman–Crippen MR) is 77.3 cm³/mol. The Kier molecular flexibility index (Phi) is 5.61. The third kappa shape index (κ3) is 5.60. The van der Waals surface area contributed by atoms with Crippen molar-refractivity contribution in [2.75, 3.05) is 0 Å². The van der Waals surface area contributed by atoms with Gasteiger partial charge in [-0.25, -0.2) is 4.79 Å². The van der Waals surface area contributed by atoms with E-state index in [1.807, 2.05) is 38.1 Å². The molecule has 0 aliphatic heterocycles. The van der Waals surface area contributed by atoms with E-state index in [0.29, 0.717) is 5.92 Å². The van der Waals surface area contributed by atoms with Gasteiger partial charge in [-0.2, -0.15) is 0 Å². The summed E-state index contributed by atoms with van der Waals surface area (Å²) in [6.45, 7) is 8.10. The third-order valence-corrected chi connectivity index (χ3v) is 2.52. The first-order chi connectivity index (χ1) is 8.88. The molecule has 3 heteroatoms. The maximum absolute atomic E-state index is 10.9. The smallest absolute Gasteiger partial charge is 0.328 e. The molecule has 0 aliphatic carbocycles. The zero-order chi connectivity index (χ0) is 14.4. The fraction of sp³-hybridized carbons (Fsp3) is 0.438. The number of carbonyl (C=O) groups is 1. The minimum Gasteiger partial charge on any atom is -0.491 e. The van der Waals surface area contributed by atoms with Crippen molar-refractivity contribution in [1.82, 2.24) is 0 Å². The molecule has 1 aromatic rings. The van der Waals surface area contributed by atoms with Crippen molar-refractivity contribution in [1.29, 1.82) is 0 Å². The van der Waals surface area contributed by atoms with E-state index in [2.05, 4.69) is 13.8 Å². The first-order valence-electron chi connectivity index (χ1n) is 6.59. The summed E-state index contributed by atoms with van der Waals surface area (Å²) >= 11 is 0. The molecule has 0 unspecified atom stereocenters. The van der Waals surface area contributed by atoms with Gasteiger partial charge in [0.05, 0.1) is 6.10 Å². The lowest BCUT2D eigenvalue weighted by Gasteiger charge is -2.12. The maximum Gasteiger partial charge on any atom is 0.328 e. The molecule has 0 amide bonds. The molecule has 1 N–H and O–H groups in total. The van der Waals surface area contributed by atoms with Gasteiger partial charge >= 0.3 is 5.97 Å². The highest BCUT2D eigenvalue weighted by Gasteiger charge is 2.07. The number of rotatable bonds is 6. The van der Waals surface area contributed by atoms with Gasteiger partial charge in [0.2, 0.25) is 0 Å². The summed E-state index contributed by atoms with van der Waals surface area (Å²) in [6.07, 6.45) is 2.17. The molecule has 0 aliphatic rings. The maximum atomic E-state index is 10.9.